The first-order valence-corrected chi connectivity index (χ1v) is 4.34. The highest BCUT2D eigenvalue weighted by Crippen LogP contribution is 2.14. The summed E-state index contributed by atoms with van der Waals surface area (Å²) in [5.41, 5.74) is 0. The van der Waals surface area contributed by atoms with Crippen molar-refractivity contribution in [3.05, 3.63) is 23.9 Å². The summed E-state index contributed by atoms with van der Waals surface area (Å²) < 4.78 is 10.6. The Morgan fingerprint density at radius 1 is 1.08 bits per heavy atom. The molecule has 0 amide bonds. The van der Waals surface area contributed by atoms with Gasteiger partial charge in [0.1, 0.15) is 11.5 Å². The van der Waals surface area contributed by atoms with Gasteiger partial charge in [-0.25, -0.2) is 0 Å². The molecule has 0 aromatic carbocycles. The maximum atomic E-state index is 5.30. The second kappa shape index (κ2) is 3.20. The molecule has 4 heteroatoms. The van der Waals surface area contributed by atoms with E-state index in [4.69, 9.17) is 9.47 Å². The average Bonchev–Trinajstić information content (AvgIpc) is 2.62. The lowest BCUT2D eigenvalue weighted by atomic mass is 10.6. The molecular formula is C9H14N2O2. The van der Waals surface area contributed by atoms with Crippen LogP contribution < -0.4 is 0 Å². The van der Waals surface area contributed by atoms with Gasteiger partial charge in [-0.1, -0.05) is 0 Å². The first kappa shape index (κ1) is 8.29. The maximum absolute atomic E-state index is 5.30. The molecule has 0 radical (unpaired) electrons. The molecule has 0 unspecified atom stereocenters. The molecular weight excluding hydrogens is 168 g/mol. The quantitative estimate of drug-likeness (QED) is 0.641. The number of ether oxygens (including phenoxy) is 2. The van der Waals surface area contributed by atoms with Crippen molar-refractivity contribution >= 4 is 0 Å². The standard InChI is InChI=1S/C9H14N2O2/c1-8-3-10(6-12-8)5-11-4-9(2)13-7-11/h3-4H,5-7H2,1-2H3. The fourth-order valence-corrected chi connectivity index (χ4v) is 1.43. The second-order valence-corrected chi connectivity index (χ2v) is 3.35. The first-order chi connectivity index (χ1) is 6.24. The van der Waals surface area contributed by atoms with Crippen molar-refractivity contribution < 1.29 is 9.47 Å². The van der Waals surface area contributed by atoms with Crippen molar-refractivity contribution in [3.8, 4) is 0 Å². The predicted octanol–water partition coefficient (Wildman–Crippen LogP) is 1.25. The van der Waals surface area contributed by atoms with E-state index in [0.717, 1.165) is 18.2 Å². The lowest BCUT2D eigenvalue weighted by molar-refractivity contribution is 0.0833. The Morgan fingerprint density at radius 2 is 1.54 bits per heavy atom. The Hall–Kier alpha value is -1.32. The summed E-state index contributed by atoms with van der Waals surface area (Å²) in [6.07, 6.45) is 4.03. The van der Waals surface area contributed by atoms with Gasteiger partial charge in [0.2, 0.25) is 0 Å². The SMILES string of the molecule is CC1=CN(CN2C=C(C)OC2)CO1. The maximum Gasteiger partial charge on any atom is 0.162 e. The molecule has 0 N–H and O–H groups in total. The average molecular weight is 182 g/mol. The topological polar surface area (TPSA) is 24.9 Å². The zero-order valence-corrected chi connectivity index (χ0v) is 7.99. The van der Waals surface area contributed by atoms with Gasteiger partial charge in [-0.15, -0.1) is 0 Å². The minimum absolute atomic E-state index is 0.648. The van der Waals surface area contributed by atoms with E-state index in [1.807, 2.05) is 26.2 Å². The Bertz CT molecular complexity index is 234. The smallest absolute Gasteiger partial charge is 0.162 e. The van der Waals surface area contributed by atoms with Crippen LogP contribution >= 0.6 is 0 Å². The monoisotopic (exact) mass is 182 g/mol. The van der Waals surface area contributed by atoms with E-state index in [0.29, 0.717) is 13.5 Å². The molecule has 0 atom stereocenters. The van der Waals surface area contributed by atoms with Gasteiger partial charge in [-0.05, 0) is 13.8 Å². The predicted molar refractivity (Wildman–Crippen MR) is 48.0 cm³/mol. The van der Waals surface area contributed by atoms with E-state index in [1.165, 1.54) is 0 Å². The molecule has 2 aliphatic heterocycles. The van der Waals surface area contributed by atoms with Crippen molar-refractivity contribution in [2.75, 3.05) is 20.1 Å². The van der Waals surface area contributed by atoms with Crippen molar-refractivity contribution in [1.82, 2.24) is 9.80 Å². The summed E-state index contributed by atoms with van der Waals surface area (Å²) in [6, 6.07) is 0. The number of nitrogens with zero attached hydrogens (tertiary/aromatic N) is 2. The van der Waals surface area contributed by atoms with Gasteiger partial charge >= 0.3 is 0 Å². The molecule has 0 fully saturated rings. The van der Waals surface area contributed by atoms with E-state index in [1.54, 1.807) is 0 Å². The molecule has 0 aliphatic carbocycles. The number of allylic oxidation sites excluding steroid dienone is 2. The molecule has 2 heterocycles. The van der Waals surface area contributed by atoms with E-state index in [9.17, 15) is 0 Å². The van der Waals surface area contributed by atoms with Crippen molar-refractivity contribution in [1.29, 1.82) is 0 Å². The molecule has 0 saturated heterocycles. The third-order valence-electron chi connectivity index (χ3n) is 2.01. The molecule has 0 spiro atoms. The lowest BCUT2D eigenvalue weighted by Gasteiger charge is -2.20. The van der Waals surface area contributed by atoms with Crippen LogP contribution in [0.5, 0.6) is 0 Å². The van der Waals surface area contributed by atoms with Crippen LogP contribution in [-0.2, 0) is 9.47 Å². The van der Waals surface area contributed by atoms with Crippen LogP contribution in [0.15, 0.2) is 23.9 Å². The van der Waals surface area contributed by atoms with Crippen molar-refractivity contribution in [2.24, 2.45) is 0 Å². The van der Waals surface area contributed by atoms with E-state index < -0.39 is 0 Å². The summed E-state index contributed by atoms with van der Waals surface area (Å²) in [6.45, 7) is 6.04. The Labute approximate surface area is 78.0 Å². The summed E-state index contributed by atoms with van der Waals surface area (Å²) in [4.78, 5) is 4.21. The van der Waals surface area contributed by atoms with Gasteiger partial charge in [0.15, 0.2) is 13.5 Å². The van der Waals surface area contributed by atoms with Crippen LogP contribution in [0, 0.1) is 0 Å². The molecule has 0 bridgehead atoms. The van der Waals surface area contributed by atoms with Crippen LogP contribution in [0.4, 0.5) is 0 Å². The van der Waals surface area contributed by atoms with Gasteiger partial charge in [-0.3, -0.25) is 0 Å². The molecule has 0 aromatic heterocycles. The largest absolute Gasteiger partial charge is 0.476 e. The lowest BCUT2D eigenvalue weighted by Crippen LogP contribution is -2.29. The van der Waals surface area contributed by atoms with Crippen molar-refractivity contribution in [3.63, 3.8) is 0 Å². The van der Waals surface area contributed by atoms with E-state index in [2.05, 4.69) is 9.80 Å². The van der Waals surface area contributed by atoms with Crippen LogP contribution in [0.3, 0.4) is 0 Å². The Balaban J connectivity index is 1.86. The van der Waals surface area contributed by atoms with Gasteiger partial charge in [0.05, 0.1) is 6.67 Å². The molecule has 4 nitrogen and oxygen atoms in total. The van der Waals surface area contributed by atoms with E-state index in [-0.39, 0.29) is 0 Å². The summed E-state index contributed by atoms with van der Waals surface area (Å²) in [5, 5.41) is 0. The minimum atomic E-state index is 0.648. The first-order valence-electron chi connectivity index (χ1n) is 4.34. The number of hydrogen-bond donors (Lipinski definition) is 0. The minimum Gasteiger partial charge on any atom is -0.476 e. The Morgan fingerprint density at radius 3 is 1.85 bits per heavy atom. The van der Waals surface area contributed by atoms with Crippen LogP contribution in [0.25, 0.3) is 0 Å². The van der Waals surface area contributed by atoms with Crippen molar-refractivity contribution in [2.45, 2.75) is 13.8 Å². The molecule has 0 saturated carbocycles. The molecule has 0 aromatic rings. The fourth-order valence-electron chi connectivity index (χ4n) is 1.43. The number of rotatable bonds is 2. The summed E-state index contributed by atoms with van der Waals surface area (Å²) in [5.74, 6) is 1.95. The van der Waals surface area contributed by atoms with Crippen LogP contribution in [0.2, 0.25) is 0 Å². The molecule has 13 heavy (non-hydrogen) atoms. The van der Waals surface area contributed by atoms with Gasteiger partial charge < -0.3 is 19.3 Å². The normalized spacial score (nSPS) is 21.1. The van der Waals surface area contributed by atoms with Gasteiger partial charge in [0, 0.05) is 12.4 Å². The molecule has 2 rings (SSSR count). The highest BCUT2D eigenvalue weighted by atomic mass is 16.5. The van der Waals surface area contributed by atoms with Crippen LogP contribution in [-0.4, -0.2) is 29.9 Å². The summed E-state index contributed by atoms with van der Waals surface area (Å²) >= 11 is 0. The van der Waals surface area contributed by atoms with E-state index >= 15 is 0 Å². The van der Waals surface area contributed by atoms with Gasteiger partial charge in [-0.2, -0.15) is 0 Å². The summed E-state index contributed by atoms with van der Waals surface area (Å²) in [7, 11) is 0. The van der Waals surface area contributed by atoms with Gasteiger partial charge in [0.25, 0.3) is 0 Å². The molecule has 2 aliphatic rings. The zero-order valence-electron chi connectivity index (χ0n) is 7.99. The fraction of sp³-hybridized carbons (Fsp3) is 0.556. The number of hydrogen-bond acceptors (Lipinski definition) is 4. The molecule has 72 valence electrons. The highest BCUT2D eigenvalue weighted by molar-refractivity contribution is 4.96. The third-order valence-corrected chi connectivity index (χ3v) is 2.01. The Kier molecular flexibility index (Phi) is 2.04. The highest BCUT2D eigenvalue weighted by Gasteiger charge is 2.15. The van der Waals surface area contributed by atoms with Crippen LogP contribution in [0.1, 0.15) is 13.8 Å². The second-order valence-electron chi connectivity index (χ2n) is 3.35. The zero-order chi connectivity index (χ0) is 9.26. The third kappa shape index (κ3) is 1.88.